The van der Waals surface area contributed by atoms with Gasteiger partial charge in [-0.25, -0.2) is 0 Å². The molecule has 1 aromatic heterocycles. The van der Waals surface area contributed by atoms with Crippen molar-refractivity contribution in [1.82, 2.24) is 4.90 Å². The Balaban J connectivity index is 2.24. The SMILES string of the molecule is COc1cc(C(=O)N(C)Cc2ccsc2)cc(Cl)c1OC. The van der Waals surface area contributed by atoms with E-state index in [1.165, 1.54) is 14.2 Å². The van der Waals surface area contributed by atoms with Crippen LogP contribution in [-0.2, 0) is 6.54 Å². The molecule has 21 heavy (non-hydrogen) atoms. The number of amides is 1. The van der Waals surface area contributed by atoms with Crippen LogP contribution in [0.25, 0.3) is 0 Å². The summed E-state index contributed by atoms with van der Waals surface area (Å²) in [5.74, 6) is 0.748. The van der Waals surface area contributed by atoms with Gasteiger partial charge in [-0.3, -0.25) is 4.79 Å². The van der Waals surface area contributed by atoms with Gasteiger partial charge >= 0.3 is 0 Å². The largest absolute Gasteiger partial charge is 0.493 e. The van der Waals surface area contributed by atoms with E-state index in [9.17, 15) is 4.79 Å². The Bertz CT molecular complexity index is 628. The van der Waals surface area contributed by atoms with Crippen LogP contribution in [0.1, 0.15) is 15.9 Å². The minimum atomic E-state index is -0.121. The third-order valence-corrected chi connectivity index (χ3v) is 4.04. The number of hydrogen-bond donors (Lipinski definition) is 0. The maximum Gasteiger partial charge on any atom is 0.254 e. The highest BCUT2D eigenvalue weighted by Crippen LogP contribution is 2.36. The van der Waals surface area contributed by atoms with Gasteiger partial charge in [0.15, 0.2) is 11.5 Å². The van der Waals surface area contributed by atoms with Crippen molar-refractivity contribution < 1.29 is 14.3 Å². The predicted octanol–water partition coefficient (Wildman–Crippen LogP) is 3.69. The lowest BCUT2D eigenvalue weighted by Gasteiger charge is -2.18. The van der Waals surface area contributed by atoms with Crippen LogP contribution in [0.4, 0.5) is 0 Å². The predicted molar refractivity (Wildman–Crippen MR) is 84.7 cm³/mol. The Morgan fingerprint density at radius 2 is 2.10 bits per heavy atom. The van der Waals surface area contributed by atoms with E-state index in [1.807, 2.05) is 16.8 Å². The van der Waals surface area contributed by atoms with Gasteiger partial charge in [0, 0.05) is 19.2 Å². The molecule has 0 radical (unpaired) electrons. The van der Waals surface area contributed by atoms with Crippen LogP contribution in [0, 0.1) is 0 Å². The summed E-state index contributed by atoms with van der Waals surface area (Å²) in [6.45, 7) is 0.550. The van der Waals surface area contributed by atoms with E-state index in [4.69, 9.17) is 21.1 Å². The Kier molecular flexibility index (Phi) is 5.09. The molecule has 0 bridgehead atoms. The third-order valence-electron chi connectivity index (χ3n) is 3.03. The fourth-order valence-corrected chi connectivity index (χ4v) is 2.94. The number of nitrogens with zero attached hydrogens (tertiary/aromatic N) is 1. The summed E-state index contributed by atoms with van der Waals surface area (Å²) in [5, 5.41) is 4.36. The van der Waals surface area contributed by atoms with Gasteiger partial charge in [-0.15, -0.1) is 0 Å². The number of thiophene rings is 1. The van der Waals surface area contributed by atoms with E-state index in [0.717, 1.165) is 5.56 Å². The molecular formula is C15H16ClNO3S. The second kappa shape index (κ2) is 6.83. The summed E-state index contributed by atoms with van der Waals surface area (Å²) < 4.78 is 10.4. The van der Waals surface area contributed by atoms with Crippen LogP contribution >= 0.6 is 22.9 Å². The minimum Gasteiger partial charge on any atom is -0.493 e. The highest BCUT2D eigenvalue weighted by Gasteiger charge is 2.18. The number of rotatable bonds is 5. The molecule has 6 heteroatoms. The number of methoxy groups -OCH3 is 2. The van der Waals surface area contributed by atoms with Crippen LogP contribution in [0.5, 0.6) is 11.5 Å². The molecule has 0 fully saturated rings. The van der Waals surface area contributed by atoms with Crippen molar-refractivity contribution in [2.75, 3.05) is 21.3 Å². The van der Waals surface area contributed by atoms with Crippen molar-refractivity contribution >= 4 is 28.8 Å². The average molecular weight is 326 g/mol. The zero-order chi connectivity index (χ0) is 15.4. The summed E-state index contributed by atoms with van der Waals surface area (Å²) >= 11 is 7.74. The quantitative estimate of drug-likeness (QED) is 0.841. The zero-order valence-corrected chi connectivity index (χ0v) is 13.6. The summed E-state index contributed by atoms with van der Waals surface area (Å²) in [7, 11) is 4.77. The first kappa shape index (κ1) is 15.7. The molecule has 0 aliphatic heterocycles. The molecule has 4 nitrogen and oxygen atoms in total. The van der Waals surface area contributed by atoms with Gasteiger partial charge < -0.3 is 14.4 Å². The number of halogens is 1. The number of ether oxygens (including phenoxy) is 2. The van der Waals surface area contributed by atoms with E-state index in [-0.39, 0.29) is 5.91 Å². The molecule has 0 unspecified atom stereocenters. The maximum atomic E-state index is 12.5. The van der Waals surface area contributed by atoms with Gasteiger partial charge in [0.2, 0.25) is 0 Å². The van der Waals surface area contributed by atoms with Gasteiger partial charge in [-0.1, -0.05) is 11.6 Å². The molecule has 0 saturated heterocycles. The fourth-order valence-electron chi connectivity index (χ4n) is 1.99. The summed E-state index contributed by atoms with van der Waals surface area (Å²) in [6, 6.07) is 5.22. The molecule has 112 valence electrons. The lowest BCUT2D eigenvalue weighted by Crippen LogP contribution is -2.26. The van der Waals surface area contributed by atoms with Gasteiger partial charge in [0.05, 0.1) is 19.2 Å². The van der Waals surface area contributed by atoms with Crippen molar-refractivity contribution in [3.8, 4) is 11.5 Å². The molecule has 2 aromatic rings. The molecule has 0 N–H and O–H groups in total. The monoisotopic (exact) mass is 325 g/mol. The van der Waals surface area contributed by atoms with Crippen LogP contribution in [0.3, 0.4) is 0 Å². The molecule has 0 aliphatic carbocycles. The van der Waals surface area contributed by atoms with Crippen molar-refractivity contribution in [3.05, 3.63) is 45.1 Å². The molecule has 1 heterocycles. The average Bonchev–Trinajstić information content (AvgIpc) is 2.98. The first-order chi connectivity index (χ1) is 10.1. The van der Waals surface area contributed by atoms with Crippen molar-refractivity contribution in [3.63, 3.8) is 0 Å². The number of benzene rings is 1. The molecule has 2 rings (SSSR count). The normalized spacial score (nSPS) is 10.3. The first-order valence-corrected chi connectivity index (χ1v) is 7.57. The number of carbonyl (C=O) groups is 1. The third kappa shape index (κ3) is 3.49. The second-order valence-electron chi connectivity index (χ2n) is 4.49. The number of carbonyl (C=O) groups excluding carboxylic acids is 1. The van der Waals surface area contributed by atoms with Crippen LogP contribution in [0.15, 0.2) is 29.0 Å². The van der Waals surface area contributed by atoms with E-state index in [0.29, 0.717) is 28.6 Å². The molecule has 1 aromatic carbocycles. The van der Waals surface area contributed by atoms with Crippen LogP contribution in [-0.4, -0.2) is 32.1 Å². The highest BCUT2D eigenvalue weighted by molar-refractivity contribution is 7.07. The Morgan fingerprint density at radius 1 is 1.33 bits per heavy atom. The lowest BCUT2D eigenvalue weighted by atomic mass is 10.1. The van der Waals surface area contributed by atoms with Crippen LogP contribution in [0.2, 0.25) is 5.02 Å². The van der Waals surface area contributed by atoms with E-state index in [1.54, 1.807) is 35.4 Å². The van der Waals surface area contributed by atoms with E-state index >= 15 is 0 Å². The van der Waals surface area contributed by atoms with Crippen molar-refractivity contribution in [1.29, 1.82) is 0 Å². The van der Waals surface area contributed by atoms with Crippen LogP contribution < -0.4 is 9.47 Å². The maximum absolute atomic E-state index is 12.5. The standard InChI is InChI=1S/C15H16ClNO3S/c1-17(8-10-4-5-21-9-10)15(18)11-6-12(16)14(20-3)13(7-11)19-2/h4-7,9H,8H2,1-3H3. The molecule has 0 aliphatic rings. The second-order valence-corrected chi connectivity index (χ2v) is 5.67. The van der Waals surface area contributed by atoms with Gasteiger partial charge in [0.25, 0.3) is 5.91 Å². The Morgan fingerprint density at radius 3 is 2.67 bits per heavy atom. The van der Waals surface area contributed by atoms with Gasteiger partial charge in [-0.05, 0) is 34.5 Å². The van der Waals surface area contributed by atoms with Crippen molar-refractivity contribution in [2.24, 2.45) is 0 Å². The zero-order valence-electron chi connectivity index (χ0n) is 12.1. The fraction of sp³-hybridized carbons (Fsp3) is 0.267. The topological polar surface area (TPSA) is 38.8 Å². The molecule has 1 amide bonds. The Hall–Kier alpha value is -1.72. The summed E-state index contributed by atoms with van der Waals surface area (Å²) in [4.78, 5) is 14.1. The smallest absolute Gasteiger partial charge is 0.254 e. The first-order valence-electron chi connectivity index (χ1n) is 6.25. The highest BCUT2D eigenvalue weighted by atomic mass is 35.5. The lowest BCUT2D eigenvalue weighted by molar-refractivity contribution is 0.0785. The molecule has 0 atom stereocenters. The van der Waals surface area contributed by atoms with E-state index in [2.05, 4.69) is 0 Å². The summed E-state index contributed by atoms with van der Waals surface area (Å²) in [6.07, 6.45) is 0. The molecular weight excluding hydrogens is 310 g/mol. The van der Waals surface area contributed by atoms with Gasteiger partial charge in [0.1, 0.15) is 0 Å². The van der Waals surface area contributed by atoms with E-state index < -0.39 is 0 Å². The molecule has 0 saturated carbocycles. The minimum absolute atomic E-state index is 0.121. The summed E-state index contributed by atoms with van der Waals surface area (Å²) in [5.41, 5.74) is 1.57. The Labute approximate surface area is 132 Å². The molecule has 0 spiro atoms. The number of hydrogen-bond acceptors (Lipinski definition) is 4. The van der Waals surface area contributed by atoms with Crippen molar-refractivity contribution in [2.45, 2.75) is 6.54 Å². The van der Waals surface area contributed by atoms with Gasteiger partial charge in [-0.2, -0.15) is 11.3 Å².